The van der Waals surface area contributed by atoms with Gasteiger partial charge in [0.25, 0.3) is 0 Å². The van der Waals surface area contributed by atoms with Crippen LogP contribution < -0.4 is 14.9 Å². The average molecular weight is 470 g/mol. The molecule has 9 heteroatoms. The Balaban J connectivity index is 1.76. The standard InChI is InChI=1S/C18H18BrClN4O2S/c1-11-22-23-18(27)24(11)21-9-12-7-14(19)17(16(8-12)25-2)26-10-13-5-3-4-6-15(13)20/h3-8,21H,9-10H2,1-2H3,(H,23,27). The number of nitrogens with one attached hydrogen (secondary N) is 2. The average Bonchev–Trinajstić information content (AvgIpc) is 2.97. The first kappa shape index (κ1) is 19.7. The number of aryl methyl sites for hydroxylation is 1. The summed E-state index contributed by atoms with van der Waals surface area (Å²) in [6.45, 7) is 2.74. The van der Waals surface area contributed by atoms with Gasteiger partial charge in [0.05, 0.1) is 18.1 Å². The van der Waals surface area contributed by atoms with E-state index >= 15 is 0 Å². The van der Waals surface area contributed by atoms with Crippen molar-refractivity contribution in [1.29, 1.82) is 0 Å². The third kappa shape index (κ3) is 4.63. The lowest BCUT2D eigenvalue weighted by atomic mass is 10.2. The summed E-state index contributed by atoms with van der Waals surface area (Å²) in [4.78, 5) is 0. The minimum atomic E-state index is 0.343. The molecule has 2 aromatic carbocycles. The van der Waals surface area contributed by atoms with Crippen molar-refractivity contribution in [3.05, 3.63) is 67.6 Å². The van der Waals surface area contributed by atoms with E-state index in [0.717, 1.165) is 21.4 Å². The second-order valence-corrected chi connectivity index (χ2v) is 7.38. The molecule has 0 unspecified atom stereocenters. The van der Waals surface area contributed by atoms with Gasteiger partial charge in [-0.05, 0) is 58.8 Å². The molecule has 0 aliphatic heterocycles. The number of benzene rings is 2. The number of nitrogens with zero attached hydrogens (tertiary/aromatic N) is 2. The van der Waals surface area contributed by atoms with Crippen molar-refractivity contribution in [2.45, 2.75) is 20.1 Å². The summed E-state index contributed by atoms with van der Waals surface area (Å²) in [5.41, 5.74) is 5.12. The van der Waals surface area contributed by atoms with Crippen LogP contribution in [0.1, 0.15) is 17.0 Å². The minimum Gasteiger partial charge on any atom is -0.493 e. The molecule has 1 heterocycles. The zero-order chi connectivity index (χ0) is 19.4. The van der Waals surface area contributed by atoms with Crippen molar-refractivity contribution in [1.82, 2.24) is 14.9 Å². The van der Waals surface area contributed by atoms with Gasteiger partial charge >= 0.3 is 0 Å². The second kappa shape index (κ2) is 8.77. The van der Waals surface area contributed by atoms with E-state index in [1.54, 1.807) is 11.8 Å². The molecule has 0 spiro atoms. The Morgan fingerprint density at radius 1 is 1.33 bits per heavy atom. The number of hydrogen-bond donors (Lipinski definition) is 2. The van der Waals surface area contributed by atoms with Crippen molar-refractivity contribution < 1.29 is 9.47 Å². The van der Waals surface area contributed by atoms with Crippen molar-refractivity contribution in [2.24, 2.45) is 0 Å². The van der Waals surface area contributed by atoms with Gasteiger partial charge in [-0.1, -0.05) is 29.8 Å². The third-order valence-corrected chi connectivity index (χ3v) is 5.13. The quantitative estimate of drug-likeness (QED) is 0.477. The molecule has 0 amide bonds. The number of ether oxygens (including phenoxy) is 2. The summed E-state index contributed by atoms with van der Waals surface area (Å²) in [6, 6.07) is 11.5. The van der Waals surface area contributed by atoms with E-state index in [9.17, 15) is 0 Å². The summed E-state index contributed by atoms with van der Waals surface area (Å²) < 4.78 is 14.5. The number of aromatic nitrogens is 3. The molecule has 3 aromatic rings. The first-order chi connectivity index (χ1) is 13.0. The number of aromatic amines is 1. The van der Waals surface area contributed by atoms with Gasteiger partial charge in [0, 0.05) is 10.6 Å². The van der Waals surface area contributed by atoms with Crippen molar-refractivity contribution >= 4 is 39.7 Å². The summed E-state index contributed by atoms with van der Waals surface area (Å²) >= 11 is 15.0. The first-order valence-electron chi connectivity index (χ1n) is 8.10. The van der Waals surface area contributed by atoms with E-state index in [2.05, 4.69) is 31.6 Å². The molecular weight excluding hydrogens is 452 g/mol. The maximum atomic E-state index is 6.20. The number of H-pyrrole nitrogens is 1. The van der Waals surface area contributed by atoms with Crippen LogP contribution in [0.15, 0.2) is 40.9 Å². The van der Waals surface area contributed by atoms with Crippen LogP contribution in [0.5, 0.6) is 11.5 Å². The fourth-order valence-electron chi connectivity index (χ4n) is 2.51. The van der Waals surface area contributed by atoms with Crippen LogP contribution in [-0.4, -0.2) is 22.0 Å². The summed E-state index contributed by atoms with van der Waals surface area (Å²) in [6.07, 6.45) is 0. The monoisotopic (exact) mass is 468 g/mol. The molecule has 1 aromatic heterocycles. The fourth-order valence-corrected chi connectivity index (χ4v) is 3.55. The van der Waals surface area contributed by atoms with E-state index in [1.165, 1.54) is 0 Å². The smallest absolute Gasteiger partial charge is 0.214 e. The third-order valence-electron chi connectivity index (χ3n) is 3.90. The van der Waals surface area contributed by atoms with Gasteiger partial charge in [0.2, 0.25) is 4.77 Å². The first-order valence-corrected chi connectivity index (χ1v) is 9.68. The van der Waals surface area contributed by atoms with Gasteiger partial charge in [0.1, 0.15) is 12.4 Å². The molecule has 0 atom stereocenters. The summed E-state index contributed by atoms with van der Waals surface area (Å²) in [5, 5.41) is 7.48. The topological polar surface area (TPSA) is 64.1 Å². The molecular formula is C18H18BrClN4O2S. The minimum absolute atomic E-state index is 0.343. The van der Waals surface area contributed by atoms with Crippen LogP contribution in [-0.2, 0) is 13.2 Å². The zero-order valence-corrected chi connectivity index (χ0v) is 17.9. The Hall–Kier alpha value is -2.03. The molecule has 0 saturated carbocycles. The van der Waals surface area contributed by atoms with Gasteiger partial charge in [-0.15, -0.1) is 0 Å². The number of halogens is 2. The predicted octanol–water partition coefficient (Wildman–Crippen LogP) is 5.00. The van der Waals surface area contributed by atoms with E-state index in [4.69, 9.17) is 33.3 Å². The molecule has 0 fully saturated rings. The van der Waals surface area contributed by atoms with E-state index in [1.807, 2.05) is 43.3 Å². The number of rotatable bonds is 7. The van der Waals surface area contributed by atoms with Gasteiger partial charge in [-0.3, -0.25) is 5.10 Å². The van der Waals surface area contributed by atoms with Crippen molar-refractivity contribution in [3.8, 4) is 11.5 Å². The lowest BCUT2D eigenvalue weighted by molar-refractivity contribution is 0.282. The normalized spacial score (nSPS) is 10.7. The van der Waals surface area contributed by atoms with E-state index < -0.39 is 0 Å². The lowest BCUT2D eigenvalue weighted by Crippen LogP contribution is -2.16. The van der Waals surface area contributed by atoms with Gasteiger partial charge in [-0.2, -0.15) is 5.10 Å². The van der Waals surface area contributed by atoms with Crippen LogP contribution >= 0.6 is 39.7 Å². The molecule has 6 nitrogen and oxygen atoms in total. The van der Waals surface area contributed by atoms with Crippen molar-refractivity contribution in [3.63, 3.8) is 0 Å². The van der Waals surface area contributed by atoms with Crippen LogP contribution in [0.25, 0.3) is 0 Å². The van der Waals surface area contributed by atoms with Crippen LogP contribution in [0.4, 0.5) is 0 Å². The molecule has 0 bridgehead atoms. The maximum absolute atomic E-state index is 6.20. The largest absolute Gasteiger partial charge is 0.493 e. The molecule has 0 aliphatic carbocycles. The molecule has 0 saturated heterocycles. The molecule has 0 radical (unpaired) electrons. The Morgan fingerprint density at radius 2 is 2.11 bits per heavy atom. The highest BCUT2D eigenvalue weighted by Crippen LogP contribution is 2.37. The highest BCUT2D eigenvalue weighted by Gasteiger charge is 2.13. The van der Waals surface area contributed by atoms with Crippen molar-refractivity contribution in [2.75, 3.05) is 12.5 Å². The highest BCUT2D eigenvalue weighted by atomic mass is 79.9. The SMILES string of the molecule is COc1cc(CNn2c(C)n[nH]c2=S)cc(Br)c1OCc1ccccc1Cl. The van der Waals surface area contributed by atoms with Crippen LogP contribution in [0.3, 0.4) is 0 Å². The molecule has 3 rings (SSSR count). The van der Waals surface area contributed by atoms with Crippen LogP contribution in [0, 0.1) is 11.7 Å². The van der Waals surface area contributed by atoms with E-state index in [-0.39, 0.29) is 0 Å². The van der Waals surface area contributed by atoms with Gasteiger partial charge in [-0.25, -0.2) is 4.68 Å². The predicted molar refractivity (Wildman–Crippen MR) is 112 cm³/mol. The lowest BCUT2D eigenvalue weighted by Gasteiger charge is -2.16. The molecule has 0 aliphatic rings. The molecule has 2 N–H and O–H groups in total. The Bertz CT molecular complexity index is 1010. The summed E-state index contributed by atoms with van der Waals surface area (Å²) in [5.74, 6) is 2.00. The summed E-state index contributed by atoms with van der Waals surface area (Å²) in [7, 11) is 1.61. The van der Waals surface area contributed by atoms with Gasteiger partial charge in [0.15, 0.2) is 11.5 Å². The fraction of sp³-hybridized carbons (Fsp3) is 0.222. The second-order valence-electron chi connectivity index (χ2n) is 5.74. The Kier molecular flexibility index (Phi) is 6.41. The number of hydrogen-bond acceptors (Lipinski definition) is 5. The molecule has 27 heavy (non-hydrogen) atoms. The maximum Gasteiger partial charge on any atom is 0.214 e. The highest BCUT2D eigenvalue weighted by molar-refractivity contribution is 9.10. The van der Waals surface area contributed by atoms with Crippen LogP contribution in [0.2, 0.25) is 5.02 Å². The molecule has 142 valence electrons. The zero-order valence-electron chi connectivity index (χ0n) is 14.8. The van der Waals surface area contributed by atoms with Gasteiger partial charge < -0.3 is 14.9 Å². The van der Waals surface area contributed by atoms with E-state index in [0.29, 0.717) is 34.4 Å². The number of methoxy groups -OCH3 is 1. The Morgan fingerprint density at radius 3 is 2.78 bits per heavy atom. The Labute approximate surface area is 175 Å².